The van der Waals surface area contributed by atoms with E-state index in [2.05, 4.69) is 33.3 Å². The van der Waals surface area contributed by atoms with Gasteiger partial charge in [0.2, 0.25) is 0 Å². The van der Waals surface area contributed by atoms with Gasteiger partial charge in [-0.25, -0.2) is 0 Å². The first-order chi connectivity index (χ1) is 18.0. The largest absolute Gasteiger partial charge is 0.497 e. The summed E-state index contributed by atoms with van der Waals surface area (Å²) in [6.07, 6.45) is 13.1. The van der Waals surface area contributed by atoms with E-state index in [1.807, 2.05) is 36.4 Å². The van der Waals surface area contributed by atoms with Gasteiger partial charge in [0.05, 0.1) is 37.2 Å². The molecule has 0 amide bonds. The average molecular weight is 546 g/mol. The van der Waals surface area contributed by atoms with Gasteiger partial charge >= 0.3 is 0 Å². The molecule has 0 spiro atoms. The number of piperazine rings is 1. The fourth-order valence-electron chi connectivity index (χ4n) is 5.52. The summed E-state index contributed by atoms with van der Waals surface area (Å²) >= 11 is 12.7. The molecular formula is C28H34Cl2N4O3. The maximum absolute atomic E-state index is 11.9. The standard InChI is InChI=1S/C28H34Cl2N4O3/c1-36-22-11-12-23(24(17-22)37-2)27-32-25(18-3-7-20(29)8-4-18)26(19-5-9-21(30)10-6-19)34(27)28(35)33-15-13-31-14-16-33/h3-5,7,9-12,17,19-20,25-26,28,31,35H,6,8,13-16H2,1-2H3/t19?,20?,25-,26+,28?/m1/s1. The summed E-state index contributed by atoms with van der Waals surface area (Å²) in [4.78, 5) is 9.50. The van der Waals surface area contributed by atoms with Gasteiger partial charge in [-0.2, -0.15) is 0 Å². The Hall–Kier alpha value is -2.29. The van der Waals surface area contributed by atoms with Crippen LogP contribution in [-0.2, 0) is 0 Å². The van der Waals surface area contributed by atoms with E-state index in [-0.39, 0.29) is 23.4 Å². The number of rotatable bonds is 7. The lowest BCUT2D eigenvalue weighted by atomic mass is 9.83. The number of amidine groups is 1. The second-order valence-corrected chi connectivity index (χ2v) is 10.7. The quantitative estimate of drug-likeness (QED) is 0.507. The Bertz CT molecular complexity index is 1140. The Morgan fingerprint density at radius 1 is 1.08 bits per heavy atom. The maximum atomic E-state index is 11.9. The van der Waals surface area contributed by atoms with E-state index in [0.29, 0.717) is 17.3 Å². The minimum atomic E-state index is -0.855. The Labute approximate surface area is 228 Å². The molecule has 0 radical (unpaired) electrons. The third kappa shape index (κ3) is 5.47. The Morgan fingerprint density at radius 2 is 1.89 bits per heavy atom. The number of aliphatic hydroxyl groups excluding tert-OH is 1. The Kier molecular flexibility index (Phi) is 8.27. The topological polar surface area (TPSA) is 69.6 Å². The maximum Gasteiger partial charge on any atom is 0.188 e. The SMILES string of the molecule is COc1ccc(C2=N[C@H](C3=CCC(Cl)C=C3)[C@H](C3C=CC(Cl)=CC3)N2C(O)N2CCNCC2)c(OC)c1. The van der Waals surface area contributed by atoms with E-state index in [4.69, 9.17) is 37.7 Å². The number of benzene rings is 1. The number of allylic oxidation sites excluding steroid dienone is 5. The number of methoxy groups -OCH3 is 2. The van der Waals surface area contributed by atoms with Crippen LogP contribution in [0, 0.1) is 5.92 Å². The summed E-state index contributed by atoms with van der Waals surface area (Å²) in [6, 6.07) is 5.39. The first-order valence-corrected chi connectivity index (χ1v) is 13.6. The molecule has 2 aliphatic carbocycles. The molecule has 4 aliphatic rings. The normalized spacial score (nSPS) is 29.0. The van der Waals surface area contributed by atoms with Crippen molar-refractivity contribution in [3.05, 3.63) is 70.8 Å². The number of aliphatic hydroxyl groups is 1. The molecule has 1 saturated heterocycles. The molecule has 5 atom stereocenters. The summed E-state index contributed by atoms with van der Waals surface area (Å²) in [5.41, 5.74) is 1.92. The highest BCUT2D eigenvalue weighted by atomic mass is 35.5. The van der Waals surface area contributed by atoms with Crippen LogP contribution in [0.25, 0.3) is 0 Å². The van der Waals surface area contributed by atoms with E-state index < -0.39 is 6.35 Å². The molecule has 1 fully saturated rings. The smallest absolute Gasteiger partial charge is 0.188 e. The molecule has 2 heterocycles. The fraction of sp³-hybridized carbons (Fsp3) is 0.464. The summed E-state index contributed by atoms with van der Waals surface area (Å²) in [7, 11) is 3.28. The molecule has 198 valence electrons. The van der Waals surface area contributed by atoms with Crippen molar-refractivity contribution in [1.29, 1.82) is 0 Å². The predicted octanol–water partition coefficient (Wildman–Crippen LogP) is 3.88. The zero-order valence-electron chi connectivity index (χ0n) is 21.2. The molecule has 9 heteroatoms. The van der Waals surface area contributed by atoms with E-state index in [9.17, 15) is 5.11 Å². The number of aliphatic imine (C=N–C) groups is 1. The van der Waals surface area contributed by atoms with Crippen LogP contribution in [0.4, 0.5) is 0 Å². The van der Waals surface area contributed by atoms with E-state index >= 15 is 0 Å². The van der Waals surface area contributed by atoms with Crippen LogP contribution in [0.15, 0.2) is 70.3 Å². The van der Waals surface area contributed by atoms with Crippen LogP contribution in [-0.4, -0.2) is 85.0 Å². The molecule has 0 aromatic heterocycles. The van der Waals surface area contributed by atoms with Crippen LogP contribution < -0.4 is 14.8 Å². The molecule has 0 saturated carbocycles. The van der Waals surface area contributed by atoms with Gasteiger partial charge in [0.1, 0.15) is 17.3 Å². The van der Waals surface area contributed by atoms with Crippen molar-refractivity contribution in [2.24, 2.45) is 10.9 Å². The molecule has 5 rings (SSSR count). The van der Waals surface area contributed by atoms with Crippen LogP contribution >= 0.6 is 23.2 Å². The van der Waals surface area contributed by atoms with Crippen molar-refractivity contribution in [3.63, 3.8) is 0 Å². The number of alkyl halides is 1. The lowest BCUT2D eigenvalue weighted by Crippen LogP contribution is -2.60. The number of hydrogen-bond donors (Lipinski definition) is 2. The fourth-order valence-corrected chi connectivity index (χ4v) is 5.84. The van der Waals surface area contributed by atoms with E-state index in [0.717, 1.165) is 55.2 Å². The van der Waals surface area contributed by atoms with Crippen LogP contribution in [0.1, 0.15) is 18.4 Å². The highest BCUT2D eigenvalue weighted by molar-refractivity contribution is 6.31. The summed E-state index contributed by atoms with van der Waals surface area (Å²) in [5, 5.41) is 16.0. The molecule has 2 N–H and O–H groups in total. The number of nitrogens with zero attached hydrogens (tertiary/aromatic N) is 3. The van der Waals surface area contributed by atoms with Gasteiger partial charge in [-0.3, -0.25) is 9.89 Å². The van der Waals surface area contributed by atoms with Crippen molar-refractivity contribution in [2.45, 2.75) is 36.7 Å². The molecule has 3 unspecified atom stereocenters. The lowest BCUT2D eigenvalue weighted by Gasteiger charge is -2.43. The minimum absolute atomic E-state index is 0.0207. The number of nitrogens with one attached hydrogen (secondary N) is 1. The van der Waals surface area contributed by atoms with Gasteiger partial charge in [-0.1, -0.05) is 42.0 Å². The van der Waals surface area contributed by atoms with E-state index in [1.165, 1.54) is 0 Å². The molecular weight excluding hydrogens is 511 g/mol. The lowest BCUT2D eigenvalue weighted by molar-refractivity contribution is -0.100. The molecule has 2 aliphatic heterocycles. The van der Waals surface area contributed by atoms with Crippen LogP contribution in [0.5, 0.6) is 11.5 Å². The summed E-state index contributed by atoms with van der Waals surface area (Å²) in [6.45, 7) is 3.13. The zero-order valence-corrected chi connectivity index (χ0v) is 22.7. The van der Waals surface area contributed by atoms with Crippen LogP contribution in [0.3, 0.4) is 0 Å². The van der Waals surface area contributed by atoms with Crippen molar-refractivity contribution in [2.75, 3.05) is 40.4 Å². The third-order valence-electron chi connectivity index (χ3n) is 7.47. The summed E-state index contributed by atoms with van der Waals surface area (Å²) < 4.78 is 11.2. The second-order valence-electron chi connectivity index (χ2n) is 9.66. The molecule has 7 nitrogen and oxygen atoms in total. The first kappa shape index (κ1) is 26.3. The van der Waals surface area contributed by atoms with Gasteiger partial charge in [-0.05, 0) is 36.6 Å². The molecule has 1 aromatic carbocycles. The molecule has 1 aromatic rings. The summed E-state index contributed by atoms with van der Waals surface area (Å²) in [5.74, 6) is 2.14. The van der Waals surface area contributed by atoms with Gasteiger partial charge in [-0.15, -0.1) is 11.6 Å². The molecule has 0 bridgehead atoms. The minimum Gasteiger partial charge on any atom is -0.497 e. The Morgan fingerprint density at radius 3 is 2.54 bits per heavy atom. The predicted molar refractivity (Wildman–Crippen MR) is 149 cm³/mol. The Balaban J connectivity index is 1.62. The van der Waals surface area contributed by atoms with Crippen LogP contribution in [0.2, 0.25) is 0 Å². The molecule has 37 heavy (non-hydrogen) atoms. The van der Waals surface area contributed by atoms with Crippen molar-refractivity contribution in [1.82, 2.24) is 15.1 Å². The highest BCUT2D eigenvalue weighted by Gasteiger charge is 2.47. The van der Waals surface area contributed by atoms with Crippen molar-refractivity contribution >= 4 is 29.0 Å². The van der Waals surface area contributed by atoms with Gasteiger partial charge in [0.25, 0.3) is 0 Å². The first-order valence-electron chi connectivity index (χ1n) is 12.8. The van der Waals surface area contributed by atoms with E-state index in [1.54, 1.807) is 14.2 Å². The van der Waals surface area contributed by atoms with Crippen molar-refractivity contribution in [3.8, 4) is 11.5 Å². The van der Waals surface area contributed by atoms with Gasteiger partial charge < -0.3 is 24.8 Å². The third-order valence-corrected chi connectivity index (χ3v) is 8.08. The zero-order chi connectivity index (χ0) is 25.9. The highest BCUT2D eigenvalue weighted by Crippen LogP contribution is 2.40. The number of hydrogen-bond acceptors (Lipinski definition) is 7. The van der Waals surface area contributed by atoms with Gasteiger partial charge in [0, 0.05) is 43.2 Å². The van der Waals surface area contributed by atoms with Gasteiger partial charge in [0.15, 0.2) is 6.35 Å². The second kappa shape index (κ2) is 11.6. The average Bonchev–Trinajstić information content (AvgIpc) is 3.33. The monoisotopic (exact) mass is 544 g/mol. The number of halogens is 2. The number of ether oxygens (including phenoxy) is 2. The van der Waals surface area contributed by atoms with Crippen molar-refractivity contribution < 1.29 is 14.6 Å².